The Balaban J connectivity index is 1.23. The number of aliphatic hydroxyl groups is 1. The molecule has 3 aromatic rings. The lowest BCUT2D eigenvalue weighted by Crippen LogP contribution is -2.33. The first-order valence-electron chi connectivity index (χ1n) is 9.71. The maximum atomic E-state index is 11.1. The minimum absolute atomic E-state index is 0.0324. The number of hydrogen-bond acceptors (Lipinski definition) is 7. The van der Waals surface area contributed by atoms with Crippen molar-refractivity contribution in [2.24, 2.45) is 11.8 Å². The minimum Gasteiger partial charge on any atom is -0.493 e. The van der Waals surface area contributed by atoms with E-state index >= 15 is 0 Å². The van der Waals surface area contributed by atoms with Gasteiger partial charge >= 0.3 is 5.97 Å². The number of hydrogen-bond donors (Lipinski definition) is 2. The van der Waals surface area contributed by atoms with E-state index in [2.05, 4.69) is 22.5 Å². The van der Waals surface area contributed by atoms with Gasteiger partial charge in [0.1, 0.15) is 16.9 Å². The standard InChI is InChI=1S/C21H21NO5S2/c23-16-8-18-13(2-3-17(27-18)20-22-15(10-29-20)21(24)25)14(16)9-26-12-1-4-19-11(7-12)5-6-28-19/h1,4-7,10,13-14,16-18,23H,2-3,8-9H2,(H,24,25)/t13-,14-,16-,17-,18+/m1/s1. The van der Waals surface area contributed by atoms with Gasteiger partial charge in [0.25, 0.3) is 0 Å². The van der Waals surface area contributed by atoms with E-state index in [1.807, 2.05) is 12.1 Å². The van der Waals surface area contributed by atoms with Crippen LogP contribution in [0.15, 0.2) is 35.0 Å². The predicted molar refractivity (Wildman–Crippen MR) is 111 cm³/mol. The van der Waals surface area contributed by atoms with Crippen molar-refractivity contribution in [3.8, 4) is 5.75 Å². The van der Waals surface area contributed by atoms with Crippen molar-refractivity contribution in [1.29, 1.82) is 0 Å². The van der Waals surface area contributed by atoms with Gasteiger partial charge in [-0.2, -0.15) is 0 Å². The van der Waals surface area contributed by atoms with E-state index in [1.165, 1.54) is 21.4 Å². The highest BCUT2D eigenvalue weighted by atomic mass is 32.1. The van der Waals surface area contributed by atoms with Crippen LogP contribution in [0.4, 0.5) is 0 Å². The fourth-order valence-corrected chi connectivity index (χ4v) is 6.14. The highest BCUT2D eigenvalue weighted by molar-refractivity contribution is 7.17. The topological polar surface area (TPSA) is 88.9 Å². The molecule has 0 bridgehead atoms. The number of carboxylic acid groups (broad SMARTS) is 1. The molecule has 0 radical (unpaired) electrons. The molecule has 29 heavy (non-hydrogen) atoms. The summed E-state index contributed by atoms with van der Waals surface area (Å²) in [6.45, 7) is 0.465. The van der Waals surface area contributed by atoms with Gasteiger partial charge in [-0.15, -0.1) is 22.7 Å². The Morgan fingerprint density at radius 1 is 1.28 bits per heavy atom. The van der Waals surface area contributed by atoms with Gasteiger partial charge in [-0.3, -0.25) is 0 Å². The Morgan fingerprint density at radius 2 is 2.17 bits per heavy atom. The summed E-state index contributed by atoms with van der Waals surface area (Å²) in [5, 5.41) is 25.2. The Hall–Kier alpha value is -2.00. The fourth-order valence-electron chi connectivity index (χ4n) is 4.51. The zero-order valence-electron chi connectivity index (χ0n) is 15.6. The molecule has 2 aromatic heterocycles. The van der Waals surface area contributed by atoms with E-state index in [0.717, 1.165) is 18.6 Å². The van der Waals surface area contributed by atoms with Crippen molar-refractivity contribution in [3.05, 3.63) is 45.7 Å². The molecule has 6 nitrogen and oxygen atoms in total. The first kappa shape index (κ1) is 19.0. The number of aliphatic hydroxyl groups excluding tert-OH is 1. The van der Waals surface area contributed by atoms with Crippen LogP contribution in [0, 0.1) is 11.8 Å². The number of rotatable bonds is 5. The zero-order chi connectivity index (χ0) is 20.0. The van der Waals surface area contributed by atoms with Crippen molar-refractivity contribution < 1.29 is 24.5 Å². The second-order valence-corrected chi connectivity index (χ2v) is 9.52. The average Bonchev–Trinajstić information content (AvgIpc) is 3.43. The van der Waals surface area contributed by atoms with Crippen LogP contribution in [0.25, 0.3) is 10.1 Å². The van der Waals surface area contributed by atoms with Gasteiger partial charge in [-0.25, -0.2) is 9.78 Å². The molecule has 1 aliphatic heterocycles. The highest BCUT2D eigenvalue weighted by Crippen LogP contribution is 2.46. The Kier molecular flexibility index (Phi) is 5.03. The van der Waals surface area contributed by atoms with Crippen molar-refractivity contribution in [1.82, 2.24) is 4.98 Å². The molecular weight excluding hydrogens is 410 g/mol. The van der Waals surface area contributed by atoms with Crippen molar-refractivity contribution in [3.63, 3.8) is 0 Å². The van der Waals surface area contributed by atoms with Gasteiger partial charge in [-0.1, -0.05) is 0 Å². The molecule has 0 unspecified atom stereocenters. The number of carbonyl (C=O) groups is 1. The average molecular weight is 432 g/mol. The lowest BCUT2D eigenvalue weighted by Gasteiger charge is -2.33. The number of carboxylic acids is 1. The molecule has 2 aliphatic rings. The molecule has 2 fully saturated rings. The van der Waals surface area contributed by atoms with Gasteiger partial charge in [-0.05, 0) is 53.8 Å². The van der Waals surface area contributed by atoms with Crippen LogP contribution in [-0.2, 0) is 4.74 Å². The van der Waals surface area contributed by atoms with Crippen LogP contribution >= 0.6 is 22.7 Å². The van der Waals surface area contributed by atoms with Crippen LogP contribution < -0.4 is 4.74 Å². The van der Waals surface area contributed by atoms with Crippen molar-refractivity contribution in [2.45, 2.75) is 37.6 Å². The molecule has 8 heteroatoms. The zero-order valence-corrected chi connectivity index (χ0v) is 17.2. The van der Waals surface area contributed by atoms with Crippen LogP contribution in [0.1, 0.15) is 40.9 Å². The molecular formula is C21H21NO5S2. The first-order valence-corrected chi connectivity index (χ1v) is 11.5. The normalized spacial score (nSPS) is 29.1. The third kappa shape index (κ3) is 3.66. The lowest BCUT2D eigenvalue weighted by molar-refractivity contribution is -0.0811. The molecule has 3 heterocycles. The van der Waals surface area contributed by atoms with Gasteiger partial charge in [0.15, 0.2) is 5.69 Å². The third-order valence-corrected chi connectivity index (χ3v) is 7.81. The molecule has 1 aromatic carbocycles. The minimum atomic E-state index is -1.02. The first-order chi connectivity index (χ1) is 14.1. The molecule has 2 N–H and O–H groups in total. The summed E-state index contributed by atoms with van der Waals surface area (Å²) in [7, 11) is 0. The highest BCUT2D eigenvalue weighted by Gasteiger charge is 2.47. The van der Waals surface area contributed by atoms with E-state index in [4.69, 9.17) is 14.6 Å². The van der Waals surface area contributed by atoms with Crippen molar-refractivity contribution in [2.75, 3.05) is 6.61 Å². The maximum absolute atomic E-state index is 11.1. The summed E-state index contributed by atoms with van der Waals surface area (Å²) in [6, 6.07) is 8.17. The van der Waals surface area contributed by atoms with Crippen LogP contribution in [0.5, 0.6) is 5.75 Å². The smallest absolute Gasteiger partial charge is 0.355 e. The summed E-state index contributed by atoms with van der Waals surface area (Å²) in [5.74, 6) is 0.0792. The van der Waals surface area contributed by atoms with E-state index in [-0.39, 0.29) is 29.7 Å². The molecule has 1 aliphatic carbocycles. The SMILES string of the molecule is O=C(O)c1csc([C@H]2CC[C@@H]3[C@@H](COc4ccc5sccc5c4)[C@H](O)C[C@@H]3O2)n1. The number of thiazole rings is 1. The van der Waals surface area contributed by atoms with Crippen LogP contribution in [0.2, 0.25) is 0 Å². The summed E-state index contributed by atoms with van der Waals surface area (Å²) in [4.78, 5) is 15.3. The molecule has 1 saturated heterocycles. The summed E-state index contributed by atoms with van der Waals surface area (Å²) >= 11 is 3.03. The number of benzene rings is 1. The number of fused-ring (bicyclic) bond motifs is 2. The summed E-state index contributed by atoms with van der Waals surface area (Å²) in [5.41, 5.74) is 0.0658. The molecule has 5 atom stereocenters. The monoisotopic (exact) mass is 431 g/mol. The molecule has 152 valence electrons. The summed E-state index contributed by atoms with van der Waals surface area (Å²) < 4.78 is 13.5. The van der Waals surface area contributed by atoms with Gasteiger partial charge in [0.05, 0.1) is 18.8 Å². The molecule has 0 spiro atoms. The maximum Gasteiger partial charge on any atom is 0.355 e. The van der Waals surface area contributed by atoms with Gasteiger partial charge in [0.2, 0.25) is 0 Å². The Labute approximate surface area is 175 Å². The van der Waals surface area contributed by atoms with E-state index in [1.54, 1.807) is 16.7 Å². The van der Waals surface area contributed by atoms with Gasteiger partial charge in [0, 0.05) is 22.4 Å². The van der Waals surface area contributed by atoms with Gasteiger partial charge < -0.3 is 19.7 Å². The number of aromatic carboxylic acids is 1. The van der Waals surface area contributed by atoms with E-state index in [0.29, 0.717) is 18.0 Å². The van der Waals surface area contributed by atoms with Crippen LogP contribution in [0.3, 0.4) is 0 Å². The Morgan fingerprint density at radius 3 is 3.00 bits per heavy atom. The Bertz CT molecular complexity index is 1030. The molecule has 0 amide bonds. The second-order valence-electron chi connectivity index (χ2n) is 7.68. The summed E-state index contributed by atoms with van der Waals surface area (Å²) in [6.07, 6.45) is 1.57. The number of nitrogens with zero attached hydrogens (tertiary/aromatic N) is 1. The van der Waals surface area contributed by atoms with Crippen molar-refractivity contribution >= 4 is 38.7 Å². The fraction of sp³-hybridized carbons (Fsp3) is 0.429. The second kappa shape index (κ2) is 7.68. The van der Waals surface area contributed by atoms with Crippen LogP contribution in [-0.4, -0.2) is 40.0 Å². The predicted octanol–water partition coefficient (Wildman–Crippen LogP) is 4.35. The number of thiophene rings is 1. The third-order valence-electron chi connectivity index (χ3n) is 5.98. The number of aromatic nitrogens is 1. The molecule has 5 rings (SSSR count). The number of ether oxygens (including phenoxy) is 2. The quantitative estimate of drug-likeness (QED) is 0.624. The molecule has 1 saturated carbocycles. The van der Waals surface area contributed by atoms with E-state index in [9.17, 15) is 9.90 Å². The van der Waals surface area contributed by atoms with E-state index < -0.39 is 12.1 Å². The largest absolute Gasteiger partial charge is 0.493 e. The lowest BCUT2D eigenvalue weighted by atomic mass is 9.87.